The monoisotopic (exact) mass is 1010 g/mol. The van der Waals surface area contributed by atoms with Gasteiger partial charge in [-0.15, -0.1) is 0 Å². The van der Waals surface area contributed by atoms with Crippen LogP contribution < -0.4 is 0 Å². The standard InChI is InChI=1S/C34H24O4.C25H20O2.C10H8O2/c35-29-19-18-23(20-28(29)22-12-5-2-6-13-22)30-31(34(38)26-15-8-7-14-25(26)33(30)37)27-17-9-16-24(32(27)36)21-10-3-1-4-11-21;26-24-13-11-18(16-22(24)20-7-3-1-4-8-20)15-19-12-14-25(27)23(17-19)21-9-5-2-6-10-21;11-9-5-6-10(12)8-4-2-1-3-7(8)9/h1-20,35-38H;1-14,16-17,26-27H,15H2;1-6,11-12H. The maximum atomic E-state index is 11.6. The number of para-hydroxylation sites is 1. The zero-order chi connectivity index (χ0) is 53.4. The molecule has 376 valence electrons. The van der Waals surface area contributed by atoms with Crippen LogP contribution in [0.15, 0.2) is 255 Å². The molecular formula is C69H52O8. The number of aromatic hydroxyl groups is 8. The zero-order valence-corrected chi connectivity index (χ0v) is 41.5. The van der Waals surface area contributed by atoms with E-state index >= 15 is 0 Å². The van der Waals surface area contributed by atoms with Gasteiger partial charge in [0.1, 0.15) is 46.0 Å². The van der Waals surface area contributed by atoms with E-state index in [1.54, 1.807) is 72.8 Å². The van der Waals surface area contributed by atoms with Gasteiger partial charge in [0.15, 0.2) is 0 Å². The van der Waals surface area contributed by atoms with Gasteiger partial charge >= 0.3 is 0 Å². The van der Waals surface area contributed by atoms with Crippen LogP contribution in [-0.4, -0.2) is 40.9 Å². The molecule has 0 saturated carbocycles. The van der Waals surface area contributed by atoms with E-state index in [4.69, 9.17) is 0 Å². The first kappa shape index (κ1) is 50.1. The number of phenols is 8. The van der Waals surface area contributed by atoms with Gasteiger partial charge in [-0.25, -0.2) is 0 Å². The van der Waals surface area contributed by atoms with Crippen molar-refractivity contribution < 1.29 is 40.9 Å². The molecule has 0 fully saturated rings. The third-order valence-corrected chi connectivity index (χ3v) is 13.5. The third kappa shape index (κ3) is 10.7. The Morgan fingerprint density at radius 1 is 0.208 bits per heavy atom. The first-order valence-electron chi connectivity index (χ1n) is 24.9. The fourth-order valence-corrected chi connectivity index (χ4v) is 9.67. The Kier molecular flexibility index (Phi) is 14.5. The number of phenolic OH excluding ortho intramolecular Hbond substituents is 8. The predicted molar refractivity (Wildman–Crippen MR) is 310 cm³/mol. The normalized spacial score (nSPS) is 10.8. The number of benzene rings is 12. The average molecular weight is 1010 g/mol. The van der Waals surface area contributed by atoms with Crippen molar-refractivity contribution in [2.24, 2.45) is 0 Å². The molecule has 0 amide bonds. The largest absolute Gasteiger partial charge is 0.507 e. The highest BCUT2D eigenvalue weighted by Gasteiger charge is 2.25. The second-order valence-corrected chi connectivity index (χ2v) is 18.4. The van der Waals surface area contributed by atoms with E-state index < -0.39 is 0 Å². The second-order valence-electron chi connectivity index (χ2n) is 18.4. The summed E-state index contributed by atoms with van der Waals surface area (Å²) < 4.78 is 0. The van der Waals surface area contributed by atoms with Crippen molar-refractivity contribution in [1.82, 2.24) is 0 Å². The Bertz CT molecular complexity index is 3900. The summed E-state index contributed by atoms with van der Waals surface area (Å²) in [5.74, 6) is 0.964. The van der Waals surface area contributed by atoms with Crippen LogP contribution in [0.4, 0.5) is 0 Å². The summed E-state index contributed by atoms with van der Waals surface area (Å²) in [5.41, 5.74) is 10.3. The van der Waals surface area contributed by atoms with Gasteiger partial charge in [0.2, 0.25) is 0 Å². The van der Waals surface area contributed by atoms with Crippen molar-refractivity contribution in [3.63, 3.8) is 0 Å². The summed E-state index contributed by atoms with van der Waals surface area (Å²) in [7, 11) is 0. The molecule has 0 aromatic heterocycles. The molecule has 0 saturated heterocycles. The second kappa shape index (κ2) is 22.4. The lowest BCUT2D eigenvalue weighted by Crippen LogP contribution is -1.93. The lowest BCUT2D eigenvalue weighted by Gasteiger charge is -2.20. The first-order chi connectivity index (χ1) is 37.5. The molecule has 8 heteroatoms. The van der Waals surface area contributed by atoms with Gasteiger partial charge in [0.25, 0.3) is 0 Å². The van der Waals surface area contributed by atoms with Crippen molar-refractivity contribution in [2.45, 2.75) is 6.42 Å². The number of rotatable bonds is 8. The molecule has 0 aliphatic carbocycles. The molecule has 0 aliphatic heterocycles. The quantitative estimate of drug-likeness (QED) is 0.0698. The summed E-state index contributed by atoms with van der Waals surface area (Å²) in [6.45, 7) is 0. The Balaban J connectivity index is 0.000000149. The summed E-state index contributed by atoms with van der Waals surface area (Å²) >= 11 is 0. The maximum absolute atomic E-state index is 11.6. The first-order valence-corrected chi connectivity index (χ1v) is 24.9. The van der Waals surface area contributed by atoms with E-state index in [0.717, 1.165) is 50.9 Å². The van der Waals surface area contributed by atoms with E-state index in [1.165, 1.54) is 12.1 Å². The molecular weight excluding hydrogens is 957 g/mol. The molecule has 12 aromatic carbocycles. The topological polar surface area (TPSA) is 162 Å². The highest BCUT2D eigenvalue weighted by atomic mass is 16.3. The molecule has 12 aromatic rings. The summed E-state index contributed by atoms with van der Waals surface area (Å²) in [5, 5.41) is 87.0. The van der Waals surface area contributed by atoms with Gasteiger partial charge < -0.3 is 40.9 Å². The molecule has 0 heterocycles. The highest BCUT2D eigenvalue weighted by molar-refractivity contribution is 6.09. The molecule has 0 spiro atoms. The maximum Gasteiger partial charge on any atom is 0.132 e. The Labute approximate surface area is 445 Å². The zero-order valence-electron chi connectivity index (χ0n) is 41.5. The Hall–Kier alpha value is -10.4. The average Bonchev–Trinajstić information content (AvgIpc) is 3.52. The SMILES string of the molecule is Oc1ccc(-c2c(-c3cccc(-c4ccccc4)c3O)c(O)c3ccccc3c2O)cc1-c1ccccc1.Oc1ccc(Cc2ccc(O)c(-c3ccccc3)c2)cc1-c1ccccc1.Oc1ccc(O)c2ccccc12. The van der Waals surface area contributed by atoms with E-state index in [-0.39, 0.29) is 46.0 Å². The van der Waals surface area contributed by atoms with Gasteiger partial charge in [-0.05, 0) is 93.9 Å². The van der Waals surface area contributed by atoms with E-state index in [9.17, 15) is 40.9 Å². The molecule has 0 unspecified atom stereocenters. The van der Waals surface area contributed by atoms with Crippen molar-refractivity contribution >= 4 is 21.5 Å². The van der Waals surface area contributed by atoms with Crippen molar-refractivity contribution in [3.05, 3.63) is 266 Å². The van der Waals surface area contributed by atoms with E-state index in [0.29, 0.717) is 54.9 Å². The van der Waals surface area contributed by atoms with E-state index in [1.807, 2.05) is 170 Å². The van der Waals surface area contributed by atoms with Crippen LogP contribution in [0.1, 0.15) is 11.1 Å². The highest BCUT2D eigenvalue weighted by Crippen LogP contribution is 2.53. The molecule has 8 nitrogen and oxygen atoms in total. The third-order valence-electron chi connectivity index (χ3n) is 13.5. The summed E-state index contributed by atoms with van der Waals surface area (Å²) in [6, 6.07) is 77.8. The Morgan fingerprint density at radius 2 is 0.545 bits per heavy atom. The van der Waals surface area contributed by atoms with Gasteiger partial charge in [-0.1, -0.05) is 206 Å². The molecule has 0 aliphatic rings. The molecule has 12 rings (SSSR count). The van der Waals surface area contributed by atoms with Crippen molar-refractivity contribution in [1.29, 1.82) is 0 Å². The van der Waals surface area contributed by atoms with Gasteiger partial charge in [0.05, 0.1) is 0 Å². The molecule has 8 N–H and O–H groups in total. The van der Waals surface area contributed by atoms with Crippen molar-refractivity contribution in [3.8, 4) is 113 Å². The van der Waals surface area contributed by atoms with Crippen LogP contribution in [0.3, 0.4) is 0 Å². The Morgan fingerprint density at radius 3 is 0.987 bits per heavy atom. The van der Waals surface area contributed by atoms with E-state index in [2.05, 4.69) is 0 Å². The molecule has 0 atom stereocenters. The molecule has 0 radical (unpaired) electrons. The fourth-order valence-electron chi connectivity index (χ4n) is 9.67. The van der Waals surface area contributed by atoms with Crippen molar-refractivity contribution in [2.75, 3.05) is 0 Å². The van der Waals surface area contributed by atoms with Gasteiger partial charge in [-0.3, -0.25) is 0 Å². The smallest absolute Gasteiger partial charge is 0.132 e. The lowest BCUT2D eigenvalue weighted by atomic mass is 9.86. The summed E-state index contributed by atoms with van der Waals surface area (Å²) in [6.07, 6.45) is 0.722. The summed E-state index contributed by atoms with van der Waals surface area (Å²) in [4.78, 5) is 0. The van der Waals surface area contributed by atoms with Gasteiger partial charge in [-0.2, -0.15) is 0 Å². The lowest BCUT2D eigenvalue weighted by molar-refractivity contribution is 0.468. The van der Waals surface area contributed by atoms with Crippen LogP contribution >= 0.6 is 0 Å². The van der Waals surface area contributed by atoms with Crippen LogP contribution in [0, 0.1) is 0 Å². The molecule has 0 bridgehead atoms. The van der Waals surface area contributed by atoms with Gasteiger partial charge in [0, 0.05) is 60.5 Å². The van der Waals surface area contributed by atoms with Crippen LogP contribution in [-0.2, 0) is 6.42 Å². The van der Waals surface area contributed by atoms with Crippen LogP contribution in [0.25, 0.3) is 88.3 Å². The fraction of sp³-hybridized carbons (Fsp3) is 0.0145. The minimum atomic E-state index is -0.0525. The minimum absolute atomic E-state index is 0.00741. The molecule has 77 heavy (non-hydrogen) atoms. The number of fused-ring (bicyclic) bond motifs is 2. The minimum Gasteiger partial charge on any atom is -0.507 e. The predicted octanol–water partition coefficient (Wildman–Crippen LogP) is 16.6. The number of hydrogen-bond donors (Lipinski definition) is 8. The number of hydrogen-bond acceptors (Lipinski definition) is 8. The van der Waals surface area contributed by atoms with Crippen LogP contribution in [0.2, 0.25) is 0 Å². The van der Waals surface area contributed by atoms with Crippen LogP contribution in [0.5, 0.6) is 46.0 Å².